The van der Waals surface area contributed by atoms with Gasteiger partial charge in [0, 0.05) is 18.6 Å². The smallest absolute Gasteiger partial charge is 0.00967 e. The van der Waals surface area contributed by atoms with Crippen LogP contribution in [0.2, 0.25) is 0 Å². The molecule has 15 heavy (non-hydrogen) atoms. The molecule has 0 aromatic heterocycles. The van der Waals surface area contributed by atoms with Crippen molar-refractivity contribution < 1.29 is 0 Å². The molecule has 1 aliphatic heterocycles. The number of likely N-dealkylation sites (tertiary alicyclic amines) is 1. The van der Waals surface area contributed by atoms with E-state index in [1.54, 1.807) is 0 Å². The summed E-state index contributed by atoms with van der Waals surface area (Å²) in [5, 5.41) is 3.68. The zero-order valence-corrected chi connectivity index (χ0v) is 10.1. The summed E-state index contributed by atoms with van der Waals surface area (Å²) in [4.78, 5) is 2.43. The molecule has 1 saturated carbocycles. The summed E-state index contributed by atoms with van der Waals surface area (Å²) in [5.41, 5.74) is 6.30. The topological polar surface area (TPSA) is 41.3 Å². The quantitative estimate of drug-likeness (QED) is 0.725. The van der Waals surface area contributed by atoms with Crippen LogP contribution in [0.5, 0.6) is 0 Å². The molecule has 0 amide bonds. The molecule has 1 heterocycles. The number of nitrogens with two attached hydrogens (primary N) is 1. The van der Waals surface area contributed by atoms with E-state index in [2.05, 4.69) is 24.2 Å². The van der Waals surface area contributed by atoms with Crippen molar-refractivity contribution in [1.29, 1.82) is 0 Å². The van der Waals surface area contributed by atoms with Crippen molar-refractivity contribution in [3.63, 3.8) is 0 Å². The monoisotopic (exact) mass is 211 g/mol. The van der Waals surface area contributed by atoms with E-state index in [0.717, 1.165) is 0 Å². The molecule has 2 aliphatic rings. The van der Waals surface area contributed by atoms with Gasteiger partial charge in [-0.25, -0.2) is 0 Å². The standard InChI is InChI=1S/C12H25N3/c1-12(3-5-15(2)6-4-12)9-14-11-7-10(13)8-11/h10-11,14H,3-9,13H2,1-2H3. The molecule has 3 N–H and O–H groups in total. The van der Waals surface area contributed by atoms with Crippen molar-refractivity contribution in [2.75, 3.05) is 26.7 Å². The lowest BCUT2D eigenvalue weighted by Crippen LogP contribution is -2.52. The highest BCUT2D eigenvalue weighted by Crippen LogP contribution is 2.30. The Hall–Kier alpha value is -0.120. The van der Waals surface area contributed by atoms with Gasteiger partial charge >= 0.3 is 0 Å². The van der Waals surface area contributed by atoms with Gasteiger partial charge in [-0.1, -0.05) is 6.92 Å². The number of nitrogens with one attached hydrogen (secondary N) is 1. The Kier molecular flexibility index (Phi) is 3.33. The summed E-state index contributed by atoms with van der Waals surface area (Å²) in [6, 6.07) is 1.17. The van der Waals surface area contributed by atoms with E-state index >= 15 is 0 Å². The molecule has 3 nitrogen and oxygen atoms in total. The Morgan fingerprint density at radius 3 is 2.47 bits per heavy atom. The fraction of sp³-hybridized carbons (Fsp3) is 1.00. The first-order chi connectivity index (χ1) is 7.07. The minimum absolute atomic E-state index is 0.466. The average Bonchev–Trinajstić information content (AvgIpc) is 2.16. The maximum atomic E-state index is 5.78. The maximum absolute atomic E-state index is 5.78. The van der Waals surface area contributed by atoms with Crippen LogP contribution < -0.4 is 11.1 Å². The SMILES string of the molecule is CN1CCC(C)(CNC2CC(N)C2)CC1. The highest BCUT2D eigenvalue weighted by Gasteiger charge is 2.31. The van der Waals surface area contributed by atoms with Gasteiger partial charge in [0.2, 0.25) is 0 Å². The molecule has 0 atom stereocenters. The van der Waals surface area contributed by atoms with Crippen LogP contribution in [-0.4, -0.2) is 43.7 Å². The van der Waals surface area contributed by atoms with Gasteiger partial charge in [-0.15, -0.1) is 0 Å². The fourth-order valence-corrected chi connectivity index (χ4v) is 2.55. The third kappa shape index (κ3) is 2.92. The van der Waals surface area contributed by atoms with E-state index < -0.39 is 0 Å². The fourth-order valence-electron chi connectivity index (χ4n) is 2.55. The number of piperidine rings is 1. The number of hydrogen-bond donors (Lipinski definition) is 2. The predicted molar refractivity (Wildman–Crippen MR) is 63.8 cm³/mol. The lowest BCUT2D eigenvalue weighted by Gasteiger charge is -2.41. The number of hydrogen-bond acceptors (Lipinski definition) is 3. The van der Waals surface area contributed by atoms with Gasteiger partial charge in [-0.3, -0.25) is 0 Å². The Morgan fingerprint density at radius 2 is 1.93 bits per heavy atom. The minimum atomic E-state index is 0.466. The highest BCUT2D eigenvalue weighted by molar-refractivity contribution is 4.91. The van der Waals surface area contributed by atoms with Gasteiger partial charge in [0.15, 0.2) is 0 Å². The molecule has 2 rings (SSSR count). The lowest BCUT2D eigenvalue weighted by atomic mass is 9.79. The zero-order valence-electron chi connectivity index (χ0n) is 10.1. The van der Waals surface area contributed by atoms with E-state index in [0.29, 0.717) is 17.5 Å². The van der Waals surface area contributed by atoms with Gasteiger partial charge in [-0.2, -0.15) is 0 Å². The van der Waals surface area contributed by atoms with Crippen molar-refractivity contribution in [3.05, 3.63) is 0 Å². The largest absolute Gasteiger partial charge is 0.328 e. The second-order valence-corrected chi connectivity index (χ2v) is 5.92. The van der Waals surface area contributed by atoms with E-state index in [-0.39, 0.29) is 0 Å². The summed E-state index contributed by atoms with van der Waals surface area (Å²) in [6.07, 6.45) is 5.01. The zero-order chi connectivity index (χ0) is 10.9. The minimum Gasteiger partial charge on any atom is -0.328 e. The molecule has 0 aromatic carbocycles. The maximum Gasteiger partial charge on any atom is 0.00967 e. The molecule has 3 heteroatoms. The molecule has 0 bridgehead atoms. The van der Waals surface area contributed by atoms with Crippen LogP contribution in [0.4, 0.5) is 0 Å². The van der Waals surface area contributed by atoms with E-state index in [9.17, 15) is 0 Å². The summed E-state index contributed by atoms with van der Waals surface area (Å²) in [6.45, 7) is 6.11. The molecule has 0 radical (unpaired) electrons. The van der Waals surface area contributed by atoms with E-state index in [1.165, 1.54) is 45.3 Å². The molecule has 1 aliphatic carbocycles. The second-order valence-electron chi connectivity index (χ2n) is 5.92. The third-order valence-electron chi connectivity index (χ3n) is 4.19. The first-order valence-corrected chi connectivity index (χ1v) is 6.25. The Bertz CT molecular complexity index is 203. The Balaban J connectivity index is 1.69. The van der Waals surface area contributed by atoms with E-state index in [4.69, 9.17) is 5.73 Å². The Labute approximate surface area is 93.4 Å². The molecule has 88 valence electrons. The first-order valence-electron chi connectivity index (χ1n) is 6.25. The number of rotatable bonds is 3. The van der Waals surface area contributed by atoms with Crippen molar-refractivity contribution >= 4 is 0 Å². The summed E-state index contributed by atoms with van der Waals surface area (Å²) < 4.78 is 0. The highest BCUT2D eigenvalue weighted by atomic mass is 15.1. The second kappa shape index (κ2) is 4.40. The van der Waals surface area contributed by atoms with Gasteiger partial charge in [0.1, 0.15) is 0 Å². The van der Waals surface area contributed by atoms with Gasteiger partial charge < -0.3 is 16.0 Å². The van der Waals surface area contributed by atoms with Crippen LogP contribution in [0.1, 0.15) is 32.6 Å². The van der Waals surface area contributed by atoms with Crippen LogP contribution in [0, 0.1) is 5.41 Å². The molecule has 2 fully saturated rings. The van der Waals surface area contributed by atoms with Crippen molar-refractivity contribution in [2.45, 2.75) is 44.7 Å². The average molecular weight is 211 g/mol. The molecular formula is C12H25N3. The van der Waals surface area contributed by atoms with Crippen LogP contribution in [-0.2, 0) is 0 Å². The summed E-state index contributed by atoms with van der Waals surface area (Å²) >= 11 is 0. The molecule has 0 unspecified atom stereocenters. The number of nitrogens with zero attached hydrogens (tertiary/aromatic N) is 1. The van der Waals surface area contributed by atoms with Gasteiger partial charge in [0.05, 0.1) is 0 Å². The van der Waals surface area contributed by atoms with Crippen molar-refractivity contribution in [3.8, 4) is 0 Å². The predicted octanol–water partition coefficient (Wildman–Crippen LogP) is 0.798. The molecule has 0 aromatic rings. The van der Waals surface area contributed by atoms with Crippen LogP contribution in [0.3, 0.4) is 0 Å². The molecule has 0 spiro atoms. The normalized spacial score (nSPS) is 36.2. The Morgan fingerprint density at radius 1 is 1.33 bits per heavy atom. The van der Waals surface area contributed by atoms with Gasteiger partial charge in [-0.05, 0) is 51.2 Å². The summed E-state index contributed by atoms with van der Waals surface area (Å²) in [7, 11) is 2.22. The lowest BCUT2D eigenvalue weighted by molar-refractivity contribution is 0.125. The van der Waals surface area contributed by atoms with Crippen LogP contribution in [0.25, 0.3) is 0 Å². The van der Waals surface area contributed by atoms with Crippen molar-refractivity contribution in [1.82, 2.24) is 10.2 Å². The summed E-state index contributed by atoms with van der Waals surface area (Å²) in [5.74, 6) is 0. The van der Waals surface area contributed by atoms with Crippen molar-refractivity contribution in [2.24, 2.45) is 11.1 Å². The molecule has 1 saturated heterocycles. The van der Waals surface area contributed by atoms with Crippen LogP contribution in [0.15, 0.2) is 0 Å². The molecular weight excluding hydrogens is 186 g/mol. The third-order valence-corrected chi connectivity index (χ3v) is 4.19. The van der Waals surface area contributed by atoms with Crippen LogP contribution >= 0.6 is 0 Å². The van der Waals surface area contributed by atoms with E-state index in [1.807, 2.05) is 0 Å². The first kappa shape index (κ1) is 11.4. The van der Waals surface area contributed by atoms with Gasteiger partial charge in [0.25, 0.3) is 0 Å².